The number of alkyl halides is 3. The van der Waals surface area contributed by atoms with Crippen molar-refractivity contribution in [2.75, 3.05) is 5.32 Å². The van der Waals surface area contributed by atoms with Crippen LogP contribution >= 0.6 is 22.9 Å². The third-order valence-corrected chi connectivity index (χ3v) is 6.10. The number of hydrogen-bond acceptors (Lipinski definition) is 9. The number of rotatable bonds is 6. The van der Waals surface area contributed by atoms with Crippen LogP contribution in [0.1, 0.15) is 43.7 Å². The Morgan fingerprint density at radius 3 is 2.44 bits per heavy atom. The van der Waals surface area contributed by atoms with Crippen LogP contribution in [0.15, 0.2) is 49.6 Å². The molecule has 0 bridgehead atoms. The zero-order valence-corrected chi connectivity index (χ0v) is 19.7. The first-order chi connectivity index (χ1) is 17.1. The molecule has 2 amide bonds. The SMILES string of the molecule is C[C@@H](NC(=O)c1cc(-c2cncnc2)ncn1)c1ncc(C(=O)Nc2cc(C(F)(F)F)c(Cl)cn2)s1. The molecule has 4 aromatic heterocycles. The lowest BCUT2D eigenvalue weighted by Gasteiger charge is -2.11. The standard InChI is InChI=1S/C21H14ClF3N8O2S/c1-10(32-18(34)15-3-14(30-9-31-15)11-4-26-8-27-5-11)20-29-7-16(36-20)19(35)33-17-2-12(21(23,24)25)13(22)6-28-17/h2-10H,1H3,(H,32,34)(H,28,33,35)/t10-/m1/s1. The van der Waals surface area contributed by atoms with E-state index in [0.717, 1.165) is 17.5 Å². The summed E-state index contributed by atoms with van der Waals surface area (Å²) in [6.07, 6.45) is 3.05. The van der Waals surface area contributed by atoms with Crippen molar-refractivity contribution in [1.82, 2.24) is 35.2 Å². The maximum atomic E-state index is 13.0. The zero-order valence-electron chi connectivity index (χ0n) is 18.1. The number of nitrogens with zero attached hydrogens (tertiary/aromatic N) is 6. The number of nitrogens with one attached hydrogen (secondary N) is 2. The van der Waals surface area contributed by atoms with Crippen molar-refractivity contribution >= 4 is 40.6 Å². The van der Waals surface area contributed by atoms with Gasteiger partial charge in [-0.2, -0.15) is 13.2 Å². The summed E-state index contributed by atoms with van der Waals surface area (Å²) < 4.78 is 39.1. The number of carbonyl (C=O) groups is 2. The molecule has 4 rings (SSSR count). The Hall–Kier alpha value is -4.04. The Labute approximate surface area is 210 Å². The second-order valence-electron chi connectivity index (χ2n) is 7.17. The summed E-state index contributed by atoms with van der Waals surface area (Å²) in [4.78, 5) is 49.0. The van der Waals surface area contributed by atoms with Crippen LogP contribution in [0.25, 0.3) is 11.3 Å². The summed E-state index contributed by atoms with van der Waals surface area (Å²) in [5.41, 5.74) is 0.0409. The summed E-state index contributed by atoms with van der Waals surface area (Å²) in [5.74, 6) is -1.55. The van der Waals surface area contributed by atoms with Crippen LogP contribution in [-0.4, -0.2) is 41.7 Å². The number of hydrogen-bond donors (Lipinski definition) is 2. The third kappa shape index (κ3) is 5.78. The smallest absolute Gasteiger partial charge is 0.342 e. The summed E-state index contributed by atoms with van der Waals surface area (Å²) in [5, 5.41) is 4.82. The normalized spacial score (nSPS) is 12.1. The molecule has 15 heteroatoms. The first-order valence-corrected chi connectivity index (χ1v) is 11.2. The highest BCUT2D eigenvalue weighted by atomic mass is 35.5. The fourth-order valence-electron chi connectivity index (χ4n) is 2.90. The molecule has 0 radical (unpaired) electrons. The largest absolute Gasteiger partial charge is 0.418 e. The Morgan fingerprint density at radius 1 is 0.972 bits per heavy atom. The molecule has 0 unspecified atom stereocenters. The average molecular weight is 535 g/mol. The highest BCUT2D eigenvalue weighted by Gasteiger charge is 2.34. The fraction of sp³-hybridized carbons (Fsp3) is 0.143. The van der Waals surface area contributed by atoms with E-state index in [1.807, 2.05) is 0 Å². The van der Waals surface area contributed by atoms with Gasteiger partial charge in [0.1, 0.15) is 34.1 Å². The molecule has 36 heavy (non-hydrogen) atoms. The van der Waals surface area contributed by atoms with E-state index in [1.165, 1.54) is 24.9 Å². The number of amides is 2. The molecule has 4 aromatic rings. The van der Waals surface area contributed by atoms with Gasteiger partial charge in [-0.1, -0.05) is 11.6 Å². The number of carbonyl (C=O) groups excluding carboxylic acids is 2. The maximum Gasteiger partial charge on any atom is 0.418 e. The molecular weight excluding hydrogens is 521 g/mol. The predicted octanol–water partition coefficient (Wildman–Crippen LogP) is 4.20. The topological polar surface area (TPSA) is 136 Å². The van der Waals surface area contributed by atoms with Gasteiger partial charge in [0.15, 0.2) is 0 Å². The van der Waals surface area contributed by atoms with E-state index in [1.54, 1.807) is 19.3 Å². The van der Waals surface area contributed by atoms with Crippen LogP contribution in [-0.2, 0) is 6.18 Å². The number of anilines is 1. The van der Waals surface area contributed by atoms with Crippen molar-refractivity contribution in [2.24, 2.45) is 0 Å². The molecule has 0 aliphatic carbocycles. The third-order valence-electron chi connectivity index (χ3n) is 4.62. The highest BCUT2D eigenvalue weighted by Crippen LogP contribution is 2.35. The minimum atomic E-state index is -4.70. The van der Waals surface area contributed by atoms with Crippen LogP contribution in [0.2, 0.25) is 5.02 Å². The van der Waals surface area contributed by atoms with E-state index in [4.69, 9.17) is 11.6 Å². The van der Waals surface area contributed by atoms with E-state index >= 15 is 0 Å². The predicted molar refractivity (Wildman–Crippen MR) is 123 cm³/mol. The van der Waals surface area contributed by atoms with Gasteiger partial charge in [-0.05, 0) is 19.1 Å². The van der Waals surface area contributed by atoms with Gasteiger partial charge < -0.3 is 10.6 Å². The fourth-order valence-corrected chi connectivity index (χ4v) is 3.92. The van der Waals surface area contributed by atoms with Gasteiger partial charge in [0.05, 0.1) is 28.5 Å². The number of halogens is 4. The van der Waals surface area contributed by atoms with Crippen molar-refractivity contribution in [3.05, 3.63) is 75.7 Å². The van der Waals surface area contributed by atoms with Gasteiger partial charge in [-0.3, -0.25) is 9.59 Å². The number of thiazole rings is 1. The minimum absolute atomic E-state index is 0.0968. The van der Waals surface area contributed by atoms with Gasteiger partial charge in [-0.15, -0.1) is 11.3 Å². The van der Waals surface area contributed by atoms with E-state index < -0.39 is 34.6 Å². The Balaban J connectivity index is 1.43. The lowest BCUT2D eigenvalue weighted by Crippen LogP contribution is -2.27. The molecule has 0 saturated carbocycles. The van der Waals surface area contributed by atoms with Crippen LogP contribution in [0.4, 0.5) is 19.0 Å². The van der Waals surface area contributed by atoms with Gasteiger partial charge in [0.2, 0.25) is 0 Å². The van der Waals surface area contributed by atoms with Gasteiger partial charge >= 0.3 is 6.18 Å². The van der Waals surface area contributed by atoms with E-state index in [2.05, 4.69) is 40.5 Å². The molecule has 1 atom stereocenters. The highest BCUT2D eigenvalue weighted by molar-refractivity contribution is 7.13. The summed E-state index contributed by atoms with van der Waals surface area (Å²) in [7, 11) is 0. The van der Waals surface area contributed by atoms with E-state index in [9.17, 15) is 22.8 Å². The average Bonchev–Trinajstić information content (AvgIpc) is 3.36. The summed E-state index contributed by atoms with van der Waals surface area (Å²) in [6, 6.07) is 1.52. The maximum absolute atomic E-state index is 13.0. The minimum Gasteiger partial charge on any atom is -0.342 e. The van der Waals surface area contributed by atoms with Crippen molar-refractivity contribution in [3.63, 3.8) is 0 Å². The van der Waals surface area contributed by atoms with Crippen molar-refractivity contribution in [3.8, 4) is 11.3 Å². The van der Waals surface area contributed by atoms with Crippen LogP contribution < -0.4 is 10.6 Å². The Morgan fingerprint density at radius 2 is 1.72 bits per heavy atom. The number of pyridine rings is 1. The Bertz CT molecular complexity index is 1420. The summed E-state index contributed by atoms with van der Waals surface area (Å²) in [6.45, 7) is 1.65. The van der Waals surface area contributed by atoms with Gasteiger partial charge in [0.25, 0.3) is 11.8 Å². The molecule has 10 nitrogen and oxygen atoms in total. The van der Waals surface area contributed by atoms with E-state index in [-0.39, 0.29) is 16.4 Å². The van der Waals surface area contributed by atoms with Crippen LogP contribution in [0.5, 0.6) is 0 Å². The molecule has 0 aromatic carbocycles. The number of aromatic nitrogens is 6. The second kappa shape index (κ2) is 10.3. The van der Waals surface area contributed by atoms with Gasteiger partial charge in [0, 0.05) is 24.2 Å². The molecule has 0 aliphatic heterocycles. The quantitative estimate of drug-likeness (QED) is 0.376. The lowest BCUT2D eigenvalue weighted by molar-refractivity contribution is -0.137. The molecule has 0 saturated heterocycles. The molecule has 0 fully saturated rings. The first kappa shape index (κ1) is 25.1. The van der Waals surface area contributed by atoms with Crippen molar-refractivity contribution in [1.29, 1.82) is 0 Å². The monoisotopic (exact) mass is 534 g/mol. The summed E-state index contributed by atoms with van der Waals surface area (Å²) >= 11 is 6.50. The Kier molecular flexibility index (Phi) is 7.17. The van der Waals surface area contributed by atoms with Crippen LogP contribution in [0, 0.1) is 0 Å². The van der Waals surface area contributed by atoms with Crippen molar-refractivity contribution < 1.29 is 22.8 Å². The molecule has 0 spiro atoms. The van der Waals surface area contributed by atoms with Crippen molar-refractivity contribution in [2.45, 2.75) is 19.1 Å². The zero-order chi connectivity index (χ0) is 25.9. The van der Waals surface area contributed by atoms with E-state index in [0.29, 0.717) is 22.3 Å². The first-order valence-electron chi connectivity index (χ1n) is 10.00. The second-order valence-corrected chi connectivity index (χ2v) is 8.64. The molecule has 0 aliphatic rings. The van der Waals surface area contributed by atoms with Crippen LogP contribution in [0.3, 0.4) is 0 Å². The molecule has 2 N–H and O–H groups in total. The molecular formula is C21H14ClF3N8O2S. The van der Waals surface area contributed by atoms with Gasteiger partial charge in [-0.25, -0.2) is 29.9 Å². The molecule has 184 valence electrons. The molecule has 4 heterocycles. The lowest BCUT2D eigenvalue weighted by atomic mass is 10.2.